The second kappa shape index (κ2) is 6.88. The lowest BCUT2D eigenvalue weighted by Gasteiger charge is -2.19. The fraction of sp³-hybridized carbons (Fsp3) is 0.357. The van der Waals surface area contributed by atoms with Crippen LogP contribution in [0.15, 0.2) is 30.5 Å². The van der Waals surface area contributed by atoms with Crippen molar-refractivity contribution in [3.05, 3.63) is 46.7 Å². The van der Waals surface area contributed by atoms with E-state index in [-0.39, 0.29) is 6.54 Å². The normalized spacial score (nSPS) is 12.2. The first kappa shape index (κ1) is 18.4. The fourth-order valence-corrected chi connectivity index (χ4v) is 2.21. The van der Waals surface area contributed by atoms with Gasteiger partial charge in [0.05, 0.1) is 19.3 Å². The van der Waals surface area contributed by atoms with Crippen LogP contribution in [0.4, 0.5) is 0 Å². The Hall–Kier alpha value is -1.97. The van der Waals surface area contributed by atoms with Crippen molar-refractivity contribution in [3.8, 4) is 0 Å². The van der Waals surface area contributed by atoms with Gasteiger partial charge in [0.25, 0.3) is 10.1 Å². The molecule has 130 valence electrons. The van der Waals surface area contributed by atoms with Crippen molar-refractivity contribution in [2.75, 3.05) is 0 Å². The van der Waals surface area contributed by atoms with Gasteiger partial charge in [-0.25, -0.2) is 4.68 Å². The summed E-state index contributed by atoms with van der Waals surface area (Å²) in [6, 6.07) is 7.26. The van der Waals surface area contributed by atoms with Crippen LogP contribution in [0.2, 0.25) is 5.02 Å². The Morgan fingerprint density at radius 1 is 1.33 bits per heavy atom. The van der Waals surface area contributed by atoms with Crippen molar-refractivity contribution in [1.29, 1.82) is 0 Å². The summed E-state index contributed by atoms with van der Waals surface area (Å²) in [5.41, 5.74) is 1.44. The molecular formula is C14H17ClN4O4S. The zero-order valence-corrected chi connectivity index (χ0v) is 14.7. The van der Waals surface area contributed by atoms with E-state index in [1.54, 1.807) is 23.0 Å². The number of hydrogen-bond acceptors (Lipinski definition) is 5. The Kier molecular flexibility index (Phi) is 5.26. The average Bonchev–Trinajstić information content (AvgIpc) is 2.93. The highest BCUT2D eigenvalue weighted by Crippen LogP contribution is 2.15. The lowest BCUT2D eigenvalue weighted by Crippen LogP contribution is -2.47. The highest BCUT2D eigenvalue weighted by Gasteiger charge is 2.40. The first-order chi connectivity index (χ1) is 11.1. The van der Waals surface area contributed by atoms with Gasteiger partial charge < -0.3 is 5.32 Å². The Labute approximate surface area is 144 Å². The molecule has 0 bridgehead atoms. The molecule has 0 unspecified atom stereocenters. The van der Waals surface area contributed by atoms with E-state index in [9.17, 15) is 13.2 Å². The summed E-state index contributed by atoms with van der Waals surface area (Å²) in [6.07, 6.45) is 1.63. The average molecular weight is 373 g/mol. The van der Waals surface area contributed by atoms with Crippen LogP contribution in [0.1, 0.15) is 25.1 Å². The number of benzene rings is 1. The minimum atomic E-state index is -4.51. The summed E-state index contributed by atoms with van der Waals surface area (Å²) >= 11 is 5.82. The van der Waals surface area contributed by atoms with Crippen LogP contribution in [0.25, 0.3) is 0 Å². The number of hydrogen-bond donors (Lipinski definition) is 2. The summed E-state index contributed by atoms with van der Waals surface area (Å²) in [7, 11) is -4.51. The number of amides is 1. The predicted octanol–water partition coefficient (Wildman–Crippen LogP) is 1.26. The van der Waals surface area contributed by atoms with E-state index in [1.165, 1.54) is 0 Å². The SMILES string of the molecule is CC(C)(C(=O)NCc1cn(Cc2ccc(Cl)cc2)nn1)S(=O)(=O)O. The van der Waals surface area contributed by atoms with Crippen molar-refractivity contribution in [3.63, 3.8) is 0 Å². The van der Waals surface area contributed by atoms with Gasteiger partial charge in [-0.15, -0.1) is 5.10 Å². The molecule has 0 saturated carbocycles. The minimum Gasteiger partial charge on any atom is -0.349 e. The molecule has 10 heteroatoms. The van der Waals surface area contributed by atoms with Crippen LogP contribution in [-0.4, -0.2) is 38.6 Å². The zero-order valence-electron chi connectivity index (χ0n) is 13.1. The first-order valence-electron chi connectivity index (χ1n) is 6.98. The molecule has 0 radical (unpaired) electrons. The number of nitrogens with zero attached hydrogens (tertiary/aromatic N) is 3. The second-order valence-corrected chi connectivity index (χ2v) is 8.11. The van der Waals surface area contributed by atoms with Crippen LogP contribution in [0.3, 0.4) is 0 Å². The quantitative estimate of drug-likeness (QED) is 0.738. The molecule has 24 heavy (non-hydrogen) atoms. The van der Waals surface area contributed by atoms with Gasteiger partial charge in [0.1, 0.15) is 5.69 Å². The van der Waals surface area contributed by atoms with Gasteiger partial charge in [-0.05, 0) is 31.5 Å². The molecule has 0 fully saturated rings. The van der Waals surface area contributed by atoms with Crippen LogP contribution in [0.5, 0.6) is 0 Å². The number of aromatic nitrogens is 3. The molecule has 0 aliphatic carbocycles. The van der Waals surface area contributed by atoms with Gasteiger partial charge in [-0.1, -0.05) is 28.9 Å². The van der Waals surface area contributed by atoms with Crippen LogP contribution >= 0.6 is 11.6 Å². The number of halogens is 1. The van der Waals surface area contributed by atoms with E-state index < -0.39 is 20.8 Å². The topological polar surface area (TPSA) is 114 Å². The van der Waals surface area contributed by atoms with Gasteiger partial charge in [0.2, 0.25) is 5.91 Å². The highest BCUT2D eigenvalue weighted by atomic mass is 35.5. The predicted molar refractivity (Wildman–Crippen MR) is 88.1 cm³/mol. The minimum absolute atomic E-state index is 0.00159. The van der Waals surface area contributed by atoms with Crippen LogP contribution < -0.4 is 5.32 Å². The Bertz CT molecular complexity index is 831. The standard InChI is InChI=1S/C14H17ClN4O4S/c1-14(2,24(21,22)23)13(20)16-7-12-9-19(18-17-12)8-10-3-5-11(15)6-4-10/h3-6,9H,7-8H2,1-2H3,(H,16,20)(H,21,22,23). The summed E-state index contributed by atoms with van der Waals surface area (Å²) in [4.78, 5) is 11.9. The van der Waals surface area contributed by atoms with Gasteiger partial charge in [-0.2, -0.15) is 8.42 Å². The van der Waals surface area contributed by atoms with Crippen molar-refractivity contribution >= 4 is 27.6 Å². The molecular weight excluding hydrogens is 356 g/mol. The lowest BCUT2D eigenvalue weighted by atomic mass is 10.2. The van der Waals surface area contributed by atoms with Gasteiger partial charge in [0.15, 0.2) is 4.75 Å². The molecule has 0 spiro atoms. The zero-order chi connectivity index (χ0) is 18.0. The fourth-order valence-electron chi connectivity index (χ4n) is 1.77. The van der Waals surface area contributed by atoms with Crippen molar-refractivity contribution in [2.45, 2.75) is 31.7 Å². The van der Waals surface area contributed by atoms with Crippen molar-refractivity contribution in [2.24, 2.45) is 0 Å². The monoisotopic (exact) mass is 372 g/mol. The van der Waals surface area contributed by atoms with Crippen molar-refractivity contribution in [1.82, 2.24) is 20.3 Å². The number of nitrogens with one attached hydrogen (secondary N) is 1. The maximum absolute atomic E-state index is 11.9. The third-order valence-electron chi connectivity index (χ3n) is 3.47. The molecule has 1 heterocycles. The van der Waals surface area contributed by atoms with E-state index in [4.69, 9.17) is 16.2 Å². The van der Waals surface area contributed by atoms with Gasteiger partial charge in [0, 0.05) is 5.02 Å². The third kappa shape index (κ3) is 4.31. The van der Waals surface area contributed by atoms with Gasteiger partial charge in [-0.3, -0.25) is 9.35 Å². The summed E-state index contributed by atoms with van der Waals surface area (Å²) in [6.45, 7) is 2.72. The molecule has 0 atom stereocenters. The van der Waals surface area contributed by atoms with Gasteiger partial charge >= 0.3 is 0 Å². The van der Waals surface area contributed by atoms with Crippen LogP contribution in [0, 0.1) is 0 Å². The maximum atomic E-state index is 11.9. The largest absolute Gasteiger partial charge is 0.349 e. The molecule has 1 amide bonds. The van der Waals surface area contributed by atoms with Crippen molar-refractivity contribution < 1.29 is 17.8 Å². The Morgan fingerprint density at radius 3 is 2.54 bits per heavy atom. The molecule has 2 aromatic rings. The first-order valence-corrected chi connectivity index (χ1v) is 8.80. The molecule has 2 rings (SSSR count). The smallest absolute Gasteiger partial charge is 0.279 e. The molecule has 1 aromatic heterocycles. The molecule has 0 saturated heterocycles. The number of rotatable bonds is 6. The van der Waals surface area contributed by atoms with E-state index in [1.807, 2.05) is 12.1 Å². The second-order valence-electron chi connectivity index (χ2n) is 5.70. The molecule has 0 aliphatic rings. The molecule has 0 aliphatic heterocycles. The molecule has 1 aromatic carbocycles. The highest BCUT2D eigenvalue weighted by molar-refractivity contribution is 7.88. The Morgan fingerprint density at radius 2 is 1.96 bits per heavy atom. The van der Waals surface area contributed by atoms with Crippen LogP contribution in [-0.2, 0) is 28.0 Å². The summed E-state index contributed by atoms with van der Waals surface area (Å²) in [5, 5.41) is 10.9. The van der Waals surface area contributed by atoms with E-state index in [0.29, 0.717) is 17.3 Å². The summed E-state index contributed by atoms with van der Waals surface area (Å²) < 4.78 is 31.1. The summed E-state index contributed by atoms with van der Waals surface area (Å²) in [5.74, 6) is -0.822. The lowest BCUT2D eigenvalue weighted by molar-refractivity contribution is -0.123. The molecule has 2 N–H and O–H groups in total. The van der Waals surface area contributed by atoms with E-state index in [0.717, 1.165) is 19.4 Å². The number of carbonyl (C=O) groups excluding carboxylic acids is 1. The van der Waals surface area contributed by atoms with E-state index in [2.05, 4.69) is 15.6 Å². The third-order valence-corrected chi connectivity index (χ3v) is 5.19. The molecule has 8 nitrogen and oxygen atoms in total. The maximum Gasteiger partial charge on any atom is 0.279 e. The Balaban J connectivity index is 1.97. The van der Waals surface area contributed by atoms with E-state index >= 15 is 0 Å². The number of carbonyl (C=O) groups is 1.